The molecule has 1 aromatic heterocycles. The molecule has 0 fully saturated rings. The van der Waals surface area contributed by atoms with E-state index >= 15 is 0 Å². The molecule has 0 spiro atoms. The van der Waals surface area contributed by atoms with Crippen molar-refractivity contribution in [3.8, 4) is 0 Å². The summed E-state index contributed by atoms with van der Waals surface area (Å²) in [6, 6.07) is 3.80. The number of nitrogens with one attached hydrogen (secondary N) is 1. The molecule has 0 bridgehead atoms. The first-order valence-corrected chi connectivity index (χ1v) is 6.61. The molecule has 1 aliphatic rings. The molecule has 1 N–H and O–H groups in total. The lowest BCUT2D eigenvalue weighted by Crippen LogP contribution is -2.23. The van der Waals surface area contributed by atoms with Gasteiger partial charge < -0.3 is 5.32 Å². The zero-order valence-electron chi connectivity index (χ0n) is 8.91. The van der Waals surface area contributed by atoms with Crippen LogP contribution in [0.2, 0.25) is 4.34 Å². The van der Waals surface area contributed by atoms with Crippen LogP contribution in [-0.4, -0.2) is 5.91 Å². The van der Waals surface area contributed by atoms with Gasteiger partial charge in [0.1, 0.15) is 0 Å². The molecule has 4 heteroatoms. The molecule has 2 nitrogen and oxygen atoms in total. The summed E-state index contributed by atoms with van der Waals surface area (Å²) < 4.78 is 0.767. The van der Waals surface area contributed by atoms with E-state index in [0.717, 1.165) is 22.1 Å². The summed E-state index contributed by atoms with van der Waals surface area (Å²) >= 11 is 7.32. The van der Waals surface area contributed by atoms with Crippen molar-refractivity contribution in [2.45, 2.75) is 25.8 Å². The summed E-state index contributed by atoms with van der Waals surface area (Å²) in [4.78, 5) is 12.7. The van der Waals surface area contributed by atoms with Crippen LogP contribution in [0.1, 0.15) is 24.1 Å². The summed E-state index contributed by atoms with van der Waals surface area (Å²) in [5.74, 6) is 0.563. The number of carbonyl (C=O) groups is 1. The number of hydrogen-bond donors (Lipinski definition) is 1. The summed E-state index contributed by atoms with van der Waals surface area (Å²) in [6.07, 6.45) is 7.12. The molecular formula is C12H14ClNOS. The predicted octanol–water partition coefficient (Wildman–Crippen LogP) is 3.37. The topological polar surface area (TPSA) is 29.1 Å². The number of rotatable bonds is 4. The molecule has 86 valence electrons. The van der Waals surface area contributed by atoms with Gasteiger partial charge in [-0.1, -0.05) is 23.8 Å². The van der Waals surface area contributed by atoms with Crippen LogP contribution in [0.25, 0.3) is 0 Å². The zero-order chi connectivity index (χ0) is 11.4. The smallest absolute Gasteiger partial charge is 0.220 e. The predicted molar refractivity (Wildman–Crippen MR) is 67.7 cm³/mol. The van der Waals surface area contributed by atoms with Crippen molar-refractivity contribution < 1.29 is 4.79 Å². The minimum Gasteiger partial charge on any atom is -0.351 e. The van der Waals surface area contributed by atoms with Gasteiger partial charge in [-0.3, -0.25) is 4.79 Å². The molecule has 0 radical (unpaired) electrons. The highest BCUT2D eigenvalue weighted by Crippen LogP contribution is 2.22. The van der Waals surface area contributed by atoms with Crippen molar-refractivity contribution in [3.05, 3.63) is 33.5 Å². The Hall–Kier alpha value is -0.800. The molecule has 2 rings (SSSR count). The van der Waals surface area contributed by atoms with Crippen LogP contribution < -0.4 is 5.32 Å². The molecule has 0 aromatic carbocycles. The van der Waals surface area contributed by atoms with Crippen LogP contribution in [0, 0.1) is 5.92 Å². The molecular weight excluding hydrogens is 242 g/mol. The van der Waals surface area contributed by atoms with E-state index in [2.05, 4.69) is 17.5 Å². The third kappa shape index (κ3) is 3.35. The van der Waals surface area contributed by atoms with Gasteiger partial charge in [-0.25, -0.2) is 0 Å². The van der Waals surface area contributed by atoms with Crippen molar-refractivity contribution in [2.24, 2.45) is 5.92 Å². The lowest BCUT2D eigenvalue weighted by Gasteiger charge is -2.07. The van der Waals surface area contributed by atoms with Crippen LogP contribution >= 0.6 is 22.9 Å². The van der Waals surface area contributed by atoms with Crippen LogP contribution in [-0.2, 0) is 11.3 Å². The van der Waals surface area contributed by atoms with Crippen LogP contribution in [0.3, 0.4) is 0 Å². The van der Waals surface area contributed by atoms with E-state index in [9.17, 15) is 4.79 Å². The van der Waals surface area contributed by atoms with E-state index < -0.39 is 0 Å². The van der Waals surface area contributed by atoms with Crippen LogP contribution in [0.5, 0.6) is 0 Å². The van der Waals surface area contributed by atoms with Crippen molar-refractivity contribution >= 4 is 28.8 Å². The van der Waals surface area contributed by atoms with E-state index in [1.807, 2.05) is 12.1 Å². The number of carbonyl (C=O) groups excluding carboxylic acids is 1. The third-order valence-electron chi connectivity index (χ3n) is 2.65. The molecule has 0 aliphatic heterocycles. The molecule has 1 atom stereocenters. The molecule has 1 heterocycles. The van der Waals surface area contributed by atoms with E-state index in [-0.39, 0.29) is 5.91 Å². The van der Waals surface area contributed by atoms with Crippen molar-refractivity contribution in [1.29, 1.82) is 0 Å². The van der Waals surface area contributed by atoms with Crippen LogP contribution in [0.15, 0.2) is 24.3 Å². The monoisotopic (exact) mass is 255 g/mol. The quantitative estimate of drug-likeness (QED) is 0.822. The van der Waals surface area contributed by atoms with Gasteiger partial charge in [0.2, 0.25) is 5.91 Å². The highest BCUT2D eigenvalue weighted by molar-refractivity contribution is 7.16. The van der Waals surface area contributed by atoms with Gasteiger partial charge in [-0.2, -0.15) is 0 Å². The first kappa shape index (κ1) is 11.7. The minimum absolute atomic E-state index is 0.126. The number of allylic oxidation sites excluding steroid dienone is 2. The Bertz CT molecular complexity index is 399. The summed E-state index contributed by atoms with van der Waals surface area (Å²) in [5.41, 5.74) is 0. The van der Waals surface area contributed by atoms with Crippen molar-refractivity contribution in [1.82, 2.24) is 5.32 Å². The number of halogens is 1. The summed E-state index contributed by atoms with van der Waals surface area (Å²) in [5, 5.41) is 2.92. The second-order valence-electron chi connectivity index (χ2n) is 3.95. The molecule has 1 aliphatic carbocycles. The fourth-order valence-corrected chi connectivity index (χ4v) is 2.84. The average molecular weight is 256 g/mol. The first-order valence-electron chi connectivity index (χ1n) is 5.41. The van der Waals surface area contributed by atoms with E-state index in [0.29, 0.717) is 18.9 Å². The highest BCUT2D eigenvalue weighted by atomic mass is 35.5. The molecule has 1 amide bonds. The molecule has 0 saturated heterocycles. The fourth-order valence-electron chi connectivity index (χ4n) is 1.81. The summed E-state index contributed by atoms with van der Waals surface area (Å²) in [6.45, 7) is 0.590. The van der Waals surface area contributed by atoms with E-state index in [1.165, 1.54) is 11.3 Å². The Kier molecular flexibility index (Phi) is 4.02. The Morgan fingerprint density at radius 3 is 3.06 bits per heavy atom. The number of thiophene rings is 1. The molecule has 16 heavy (non-hydrogen) atoms. The Balaban J connectivity index is 1.73. The van der Waals surface area contributed by atoms with Crippen molar-refractivity contribution in [2.75, 3.05) is 0 Å². The first-order chi connectivity index (χ1) is 7.74. The van der Waals surface area contributed by atoms with E-state index in [4.69, 9.17) is 11.6 Å². The second-order valence-corrected chi connectivity index (χ2v) is 5.75. The standard InChI is InChI=1S/C12H14ClNOS/c13-11-6-5-10(16-11)8-14-12(15)7-9-3-1-2-4-9/h1,3,5-6,9H,2,4,7-8H2,(H,14,15)/t9-/m0/s1. The highest BCUT2D eigenvalue weighted by Gasteiger charge is 2.13. The van der Waals surface area contributed by atoms with Gasteiger partial charge >= 0.3 is 0 Å². The normalized spacial score (nSPS) is 18.9. The maximum Gasteiger partial charge on any atom is 0.220 e. The van der Waals surface area contributed by atoms with Crippen molar-refractivity contribution in [3.63, 3.8) is 0 Å². The lowest BCUT2D eigenvalue weighted by atomic mass is 10.1. The maximum absolute atomic E-state index is 11.6. The average Bonchev–Trinajstić information content (AvgIpc) is 2.87. The Morgan fingerprint density at radius 2 is 2.44 bits per heavy atom. The van der Waals surface area contributed by atoms with Gasteiger partial charge in [0.25, 0.3) is 0 Å². The molecule has 0 saturated carbocycles. The van der Waals surface area contributed by atoms with E-state index in [1.54, 1.807) is 0 Å². The molecule has 0 unspecified atom stereocenters. The lowest BCUT2D eigenvalue weighted by molar-refractivity contribution is -0.121. The Morgan fingerprint density at radius 1 is 1.56 bits per heavy atom. The van der Waals surface area contributed by atoms with Gasteiger partial charge in [0.15, 0.2) is 0 Å². The van der Waals surface area contributed by atoms with Gasteiger partial charge in [-0.15, -0.1) is 11.3 Å². The molecule has 1 aromatic rings. The number of hydrogen-bond acceptors (Lipinski definition) is 2. The zero-order valence-corrected chi connectivity index (χ0v) is 10.5. The van der Waals surface area contributed by atoms with Gasteiger partial charge in [-0.05, 0) is 30.9 Å². The Labute approximate surface area is 104 Å². The summed E-state index contributed by atoms with van der Waals surface area (Å²) in [7, 11) is 0. The SMILES string of the molecule is O=C(C[C@H]1C=CCC1)NCc1ccc(Cl)s1. The number of amides is 1. The fraction of sp³-hybridized carbons (Fsp3) is 0.417. The largest absolute Gasteiger partial charge is 0.351 e. The van der Waals surface area contributed by atoms with Gasteiger partial charge in [0, 0.05) is 11.3 Å². The maximum atomic E-state index is 11.6. The minimum atomic E-state index is 0.126. The van der Waals surface area contributed by atoms with Crippen LogP contribution in [0.4, 0.5) is 0 Å². The second kappa shape index (κ2) is 5.51. The van der Waals surface area contributed by atoms with Gasteiger partial charge in [0.05, 0.1) is 10.9 Å². The third-order valence-corrected chi connectivity index (χ3v) is 3.88.